The van der Waals surface area contributed by atoms with Gasteiger partial charge in [-0.15, -0.1) is 4.36 Å². The average Bonchev–Trinajstić information content (AvgIpc) is 3.36. The smallest absolute Gasteiger partial charge is 0.311 e. The third-order valence-electron chi connectivity index (χ3n) is 6.52. The number of nitrogens with one attached hydrogen (secondary N) is 2. The van der Waals surface area contributed by atoms with Gasteiger partial charge in [-0.3, -0.25) is 0 Å². The lowest BCUT2D eigenvalue weighted by Crippen LogP contribution is -2.33. The predicted molar refractivity (Wildman–Crippen MR) is 121 cm³/mol. The molecule has 31 heavy (non-hydrogen) atoms. The lowest BCUT2D eigenvalue weighted by molar-refractivity contribution is 0.260. The van der Waals surface area contributed by atoms with Crippen LogP contribution in [0, 0.1) is 5.82 Å². The van der Waals surface area contributed by atoms with Crippen molar-refractivity contribution >= 4 is 21.6 Å². The molecule has 0 aromatic heterocycles. The quantitative estimate of drug-likeness (QED) is 0.660. The standard InChI is InChI=1S/C23H29FN4O2S/c1-23(2,26-3)16-10-11-20(19(24)13-16)31(25,30)28-22(29)27-21-17-8-4-6-14(17)12-15-7-5-9-18(15)21/h10-13,26H,4-9H2,1-3H3,(H3,25,27,28,29,30)/t31-/m1/s1. The Bertz CT molecular complexity index is 1150. The van der Waals surface area contributed by atoms with Crippen LogP contribution < -0.4 is 15.8 Å². The molecule has 6 nitrogen and oxygen atoms in total. The molecular weight excluding hydrogens is 415 g/mol. The van der Waals surface area contributed by atoms with E-state index >= 15 is 0 Å². The summed E-state index contributed by atoms with van der Waals surface area (Å²) in [7, 11) is -1.97. The first-order valence-corrected chi connectivity index (χ1v) is 12.2. The van der Waals surface area contributed by atoms with E-state index < -0.39 is 27.3 Å². The normalized spacial score (nSPS) is 17.1. The molecule has 0 aliphatic heterocycles. The Labute approximate surface area is 183 Å². The van der Waals surface area contributed by atoms with E-state index in [1.165, 1.54) is 23.3 Å². The molecule has 2 aliphatic carbocycles. The number of fused-ring (bicyclic) bond motifs is 2. The number of aryl methyl sites for hydroxylation is 2. The molecule has 166 valence electrons. The van der Waals surface area contributed by atoms with Crippen molar-refractivity contribution in [2.24, 2.45) is 9.50 Å². The SMILES string of the molecule is CNC(C)(C)c1ccc([S@](N)(=O)=NC(=O)Nc2c3c(cc4c2CCC4)CCC3)c(F)c1. The maximum Gasteiger partial charge on any atom is 0.354 e. The van der Waals surface area contributed by atoms with E-state index in [1.807, 2.05) is 13.8 Å². The van der Waals surface area contributed by atoms with Crippen LogP contribution in [0.4, 0.5) is 14.9 Å². The lowest BCUT2D eigenvalue weighted by atomic mass is 9.95. The molecule has 4 rings (SSSR count). The molecule has 0 unspecified atom stereocenters. The topological polar surface area (TPSA) is 96.6 Å². The third kappa shape index (κ3) is 4.12. The summed E-state index contributed by atoms with van der Waals surface area (Å²) in [5.41, 5.74) is 5.79. The van der Waals surface area contributed by atoms with Gasteiger partial charge >= 0.3 is 6.03 Å². The number of hydrogen-bond acceptors (Lipinski definition) is 3. The van der Waals surface area contributed by atoms with Crippen molar-refractivity contribution in [3.63, 3.8) is 0 Å². The summed E-state index contributed by atoms with van der Waals surface area (Å²) < 4.78 is 31.5. The highest BCUT2D eigenvalue weighted by Gasteiger charge is 2.26. The van der Waals surface area contributed by atoms with Gasteiger partial charge in [0.05, 0.1) is 4.90 Å². The zero-order valence-electron chi connectivity index (χ0n) is 18.2. The van der Waals surface area contributed by atoms with E-state index in [4.69, 9.17) is 5.14 Å². The molecule has 0 spiro atoms. The van der Waals surface area contributed by atoms with Crippen molar-refractivity contribution in [2.45, 2.75) is 62.8 Å². The number of anilines is 1. The largest absolute Gasteiger partial charge is 0.354 e. The number of carbonyl (C=O) groups excluding carboxylic acids is 1. The van der Waals surface area contributed by atoms with E-state index in [0.29, 0.717) is 5.56 Å². The minimum atomic E-state index is -3.74. The van der Waals surface area contributed by atoms with Crippen molar-refractivity contribution in [3.05, 3.63) is 57.9 Å². The molecule has 0 radical (unpaired) electrons. The van der Waals surface area contributed by atoms with Gasteiger partial charge in [-0.05, 0) is 99.4 Å². The Morgan fingerprint density at radius 3 is 2.26 bits per heavy atom. The van der Waals surface area contributed by atoms with Crippen molar-refractivity contribution in [1.29, 1.82) is 0 Å². The van der Waals surface area contributed by atoms with E-state index in [9.17, 15) is 13.4 Å². The monoisotopic (exact) mass is 444 g/mol. The summed E-state index contributed by atoms with van der Waals surface area (Å²) in [5.74, 6) is -0.744. The van der Waals surface area contributed by atoms with Gasteiger partial charge in [0.15, 0.2) is 0 Å². The Morgan fingerprint density at radius 2 is 1.71 bits per heavy atom. The summed E-state index contributed by atoms with van der Waals surface area (Å²) in [4.78, 5) is 12.4. The van der Waals surface area contributed by atoms with Crippen LogP contribution in [-0.4, -0.2) is 17.3 Å². The van der Waals surface area contributed by atoms with Crippen LogP contribution in [0.5, 0.6) is 0 Å². The van der Waals surface area contributed by atoms with Gasteiger partial charge < -0.3 is 10.6 Å². The second-order valence-corrected chi connectivity index (χ2v) is 10.6. The summed E-state index contributed by atoms with van der Waals surface area (Å²) in [6, 6.07) is 5.73. The Kier molecular flexibility index (Phi) is 5.66. The van der Waals surface area contributed by atoms with Crippen LogP contribution in [0.2, 0.25) is 0 Å². The maximum atomic E-state index is 14.8. The Morgan fingerprint density at radius 1 is 1.10 bits per heavy atom. The van der Waals surface area contributed by atoms with Crippen LogP contribution >= 0.6 is 0 Å². The fraction of sp³-hybridized carbons (Fsp3) is 0.435. The van der Waals surface area contributed by atoms with Gasteiger partial charge in [0.1, 0.15) is 15.7 Å². The average molecular weight is 445 g/mol. The van der Waals surface area contributed by atoms with Crippen molar-refractivity contribution in [3.8, 4) is 0 Å². The van der Waals surface area contributed by atoms with E-state index in [2.05, 4.69) is 21.1 Å². The summed E-state index contributed by atoms with van der Waals surface area (Å²) in [5, 5.41) is 11.8. The summed E-state index contributed by atoms with van der Waals surface area (Å²) in [6.45, 7) is 3.80. The highest BCUT2D eigenvalue weighted by Crippen LogP contribution is 2.38. The minimum Gasteiger partial charge on any atom is -0.311 e. The molecule has 2 aromatic carbocycles. The first-order chi connectivity index (χ1) is 14.6. The number of urea groups is 1. The second-order valence-electron chi connectivity index (χ2n) is 8.84. The molecule has 2 aliphatic rings. The molecule has 0 saturated carbocycles. The molecule has 8 heteroatoms. The number of amides is 2. The van der Waals surface area contributed by atoms with Gasteiger partial charge in [0.2, 0.25) is 0 Å². The predicted octanol–water partition coefficient (Wildman–Crippen LogP) is 4.19. The number of benzene rings is 2. The Balaban J connectivity index is 1.66. The van der Waals surface area contributed by atoms with Crippen LogP contribution in [0.3, 0.4) is 0 Å². The van der Waals surface area contributed by atoms with Gasteiger partial charge in [-0.1, -0.05) is 12.1 Å². The molecule has 0 saturated heterocycles. The number of carbonyl (C=O) groups is 1. The molecule has 2 aromatic rings. The molecule has 0 heterocycles. The highest BCUT2D eigenvalue weighted by molar-refractivity contribution is 7.91. The Hall–Kier alpha value is -2.29. The van der Waals surface area contributed by atoms with Gasteiger partial charge in [-0.2, -0.15) is 0 Å². The van der Waals surface area contributed by atoms with Crippen molar-refractivity contribution < 1.29 is 13.4 Å². The van der Waals surface area contributed by atoms with Gasteiger partial charge in [0.25, 0.3) is 0 Å². The number of halogens is 1. The van der Waals surface area contributed by atoms with Crippen LogP contribution in [0.15, 0.2) is 33.5 Å². The summed E-state index contributed by atoms with van der Waals surface area (Å²) >= 11 is 0. The number of hydrogen-bond donors (Lipinski definition) is 3. The third-order valence-corrected chi connectivity index (χ3v) is 7.92. The first kappa shape index (κ1) is 21.9. The van der Waals surface area contributed by atoms with Crippen molar-refractivity contribution in [1.82, 2.24) is 5.32 Å². The minimum absolute atomic E-state index is 0.276. The van der Waals surface area contributed by atoms with Gasteiger partial charge in [0, 0.05) is 11.2 Å². The molecule has 4 N–H and O–H groups in total. The lowest BCUT2D eigenvalue weighted by Gasteiger charge is -2.25. The van der Waals surface area contributed by atoms with E-state index in [0.717, 1.165) is 55.3 Å². The molecule has 0 bridgehead atoms. The van der Waals surface area contributed by atoms with Crippen molar-refractivity contribution in [2.75, 3.05) is 12.4 Å². The molecule has 0 fully saturated rings. The molecular formula is C23H29FN4O2S. The second kappa shape index (κ2) is 8.00. The number of nitrogens with zero attached hydrogens (tertiary/aromatic N) is 1. The number of nitrogens with two attached hydrogens (primary N) is 1. The number of rotatable bonds is 4. The molecule has 2 amide bonds. The van der Waals surface area contributed by atoms with E-state index in [-0.39, 0.29) is 4.90 Å². The van der Waals surface area contributed by atoms with Crippen LogP contribution in [0.1, 0.15) is 54.5 Å². The van der Waals surface area contributed by atoms with Crippen LogP contribution in [0.25, 0.3) is 0 Å². The fourth-order valence-electron chi connectivity index (χ4n) is 4.54. The first-order valence-electron chi connectivity index (χ1n) is 10.6. The fourth-order valence-corrected chi connectivity index (χ4v) is 5.53. The zero-order chi connectivity index (χ0) is 22.4. The maximum absolute atomic E-state index is 14.8. The van der Waals surface area contributed by atoms with Gasteiger partial charge in [-0.25, -0.2) is 18.5 Å². The van der Waals surface area contributed by atoms with Crippen LogP contribution in [-0.2, 0) is 41.1 Å². The summed E-state index contributed by atoms with van der Waals surface area (Å²) in [6.07, 6.45) is 5.88. The molecule has 1 atom stereocenters. The highest BCUT2D eigenvalue weighted by atomic mass is 32.2. The van der Waals surface area contributed by atoms with E-state index in [1.54, 1.807) is 13.1 Å². The zero-order valence-corrected chi connectivity index (χ0v) is 19.0.